The fraction of sp³-hybridized carbons (Fsp3) is 0.316. The van der Waals surface area contributed by atoms with E-state index in [1.165, 1.54) is 23.7 Å². The van der Waals surface area contributed by atoms with Gasteiger partial charge in [0.2, 0.25) is 5.91 Å². The molecule has 3 aromatic rings. The summed E-state index contributed by atoms with van der Waals surface area (Å²) < 4.78 is 16.4. The van der Waals surface area contributed by atoms with Gasteiger partial charge in [0, 0.05) is 0 Å². The average Bonchev–Trinajstić information content (AvgIpc) is 3.05. The minimum atomic E-state index is -0.503. The van der Waals surface area contributed by atoms with Gasteiger partial charge < -0.3 is 5.32 Å². The standard InChI is InChI=1S/C19H21FN6O3/c1-11-18(13(3)24(22-11)9-15-6-5-7-16(20)8-15)21-17(27)10-25-14(4)19(26(28)29)12(2)23-25/h5-8H,9-10H2,1-4H3,(H,21,27). The molecular weight excluding hydrogens is 379 g/mol. The van der Waals surface area contributed by atoms with Crippen molar-refractivity contribution in [2.75, 3.05) is 5.32 Å². The van der Waals surface area contributed by atoms with Crippen molar-refractivity contribution in [1.82, 2.24) is 19.6 Å². The summed E-state index contributed by atoms with van der Waals surface area (Å²) >= 11 is 0. The molecule has 9 nitrogen and oxygen atoms in total. The van der Waals surface area contributed by atoms with Gasteiger partial charge in [-0.1, -0.05) is 12.1 Å². The molecule has 0 radical (unpaired) electrons. The molecule has 0 atom stereocenters. The molecule has 0 saturated carbocycles. The molecule has 152 valence electrons. The van der Waals surface area contributed by atoms with Crippen LogP contribution in [-0.2, 0) is 17.9 Å². The molecule has 0 fully saturated rings. The van der Waals surface area contributed by atoms with E-state index in [9.17, 15) is 19.3 Å². The van der Waals surface area contributed by atoms with Crippen molar-refractivity contribution >= 4 is 17.3 Å². The molecule has 0 bridgehead atoms. The van der Waals surface area contributed by atoms with E-state index >= 15 is 0 Å². The highest BCUT2D eigenvalue weighted by Crippen LogP contribution is 2.23. The lowest BCUT2D eigenvalue weighted by molar-refractivity contribution is -0.386. The maximum absolute atomic E-state index is 13.4. The van der Waals surface area contributed by atoms with Gasteiger partial charge in [0.15, 0.2) is 0 Å². The highest BCUT2D eigenvalue weighted by Gasteiger charge is 2.23. The summed E-state index contributed by atoms with van der Waals surface area (Å²) in [5, 5.41) is 22.4. The Balaban J connectivity index is 1.77. The molecule has 29 heavy (non-hydrogen) atoms. The van der Waals surface area contributed by atoms with Crippen molar-refractivity contribution in [1.29, 1.82) is 0 Å². The summed E-state index contributed by atoms with van der Waals surface area (Å²) in [6.07, 6.45) is 0. The number of amides is 1. The molecule has 0 aliphatic rings. The first kappa shape index (κ1) is 20.2. The van der Waals surface area contributed by atoms with Crippen LogP contribution in [0.2, 0.25) is 0 Å². The Bertz CT molecular complexity index is 1100. The number of anilines is 1. The molecule has 0 saturated heterocycles. The predicted molar refractivity (Wildman–Crippen MR) is 104 cm³/mol. The number of halogens is 1. The van der Waals surface area contributed by atoms with Gasteiger partial charge in [-0.05, 0) is 45.4 Å². The number of hydrogen-bond donors (Lipinski definition) is 1. The van der Waals surface area contributed by atoms with Gasteiger partial charge in [0.1, 0.15) is 23.7 Å². The summed E-state index contributed by atoms with van der Waals surface area (Å²) in [6, 6.07) is 6.24. The maximum Gasteiger partial charge on any atom is 0.312 e. The number of aryl methyl sites for hydroxylation is 2. The Morgan fingerprint density at radius 2 is 1.83 bits per heavy atom. The number of hydrogen-bond acceptors (Lipinski definition) is 5. The first-order valence-corrected chi connectivity index (χ1v) is 8.94. The van der Waals surface area contributed by atoms with Crippen LogP contribution in [0.25, 0.3) is 0 Å². The van der Waals surface area contributed by atoms with E-state index in [1.807, 2.05) is 6.92 Å². The SMILES string of the molecule is Cc1nn(Cc2cccc(F)c2)c(C)c1NC(=O)Cn1nc(C)c([N+](=O)[O-])c1C. The van der Waals surface area contributed by atoms with Crippen molar-refractivity contribution in [3.8, 4) is 0 Å². The Morgan fingerprint density at radius 3 is 2.45 bits per heavy atom. The van der Waals surface area contributed by atoms with Crippen LogP contribution in [0.15, 0.2) is 24.3 Å². The quantitative estimate of drug-likeness (QED) is 0.505. The lowest BCUT2D eigenvalue weighted by Gasteiger charge is -2.08. The Morgan fingerprint density at radius 1 is 1.14 bits per heavy atom. The normalized spacial score (nSPS) is 10.9. The third-order valence-corrected chi connectivity index (χ3v) is 4.69. The average molecular weight is 400 g/mol. The topological polar surface area (TPSA) is 108 Å². The lowest BCUT2D eigenvalue weighted by Crippen LogP contribution is -2.21. The summed E-state index contributed by atoms with van der Waals surface area (Å²) in [6.45, 7) is 6.86. The number of nitro groups is 1. The molecule has 0 aliphatic carbocycles. The fourth-order valence-corrected chi connectivity index (χ4v) is 3.26. The van der Waals surface area contributed by atoms with Gasteiger partial charge in [-0.2, -0.15) is 10.2 Å². The summed E-state index contributed by atoms with van der Waals surface area (Å²) in [5.74, 6) is -0.696. The van der Waals surface area contributed by atoms with Crippen LogP contribution >= 0.6 is 0 Å². The maximum atomic E-state index is 13.4. The van der Waals surface area contributed by atoms with E-state index in [1.54, 1.807) is 30.7 Å². The van der Waals surface area contributed by atoms with E-state index in [-0.39, 0.29) is 29.7 Å². The minimum absolute atomic E-state index is 0.0897. The van der Waals surface area contributed by atoms with Gasteiger partial charge in [-0.25, -0.2) is 4.39 Å². The van der Waals surface area contributed by atoms with Crippen LogP contribution in [-0.4, -0.2) is 30.4 Å². The zero-order chi connectivity index (χ0) is 21.3. The Hall–Kier alpha value is -3.56. The van der Waals surface area contributed by atoms with Crippen molar-refractivity contribution in [2.24, 2.45) is 0 Å². The van der Waals surface area contributed by atoms with Crippen molar-refractivity contribution in [3.05, 3.63) is 68.5 Å². The monoisotopic (exact) mass is 400 g/mol. The number of nitrogens with one attached hydrogen (secondary N) is 1. The smallest absolute Gasteiger partial charge is 0.312 e. The molecule has 0 aliphatic heterocycles. The molecule has 3 rings (SSSR count). The summed E-state index contributed by atoms with van der Waals surface area (Å²) in [7, 11) is 0. The third kappa shape index (κ3) is 4.15. The van der Waals surface area contributed by atoms with Crippen LogP contribution in [0.3, 0.4) is 0 Å². The highest BCUT2D eigenvalue weighted by molar-refractivity contribution is 5.91. The predicted octanol–water partition coefficient (Wildman–Crippen LogP) is 3.05. The van der Waals surface area contributed by atoms with E-state index in [2.05, 4.69) is 15.5 Å². The fourth-order valence-electron chi connectivity index (χ4n) is 3.26. The Labute approximate surface area is 166 Å². The highest BCUT2D eigenvalue weighted by atomic mass is 19.1. The third-order valence-electron chi connectivity index (χ3n) is 4.69. The van der Waals surface area contributed by atoms with Crippen LogP contribution in [0.5, 0.6) is 0 Å². The molecule has 1 N–H and O–H groups in total. The zero-order valence-electron chi connectivity index (χ0n) is 16.6. The second kappa shape index (κ2) is 7.82. The van der Waals surface area contributed by atoms with Gasteiger partial charge >= 0.3 is 5.69 Å². The van der Waals surface area contributed by atoms with E-state index in [0.717, 1.165) is 11.3 Å². The van der Waals surface area contributed by atoms with Gasteiger partial charge in [0.05, 0.1) is 28.5 Å². The van der Waals surface area contributed by atoms with Crippen molar-refractivity contribution in [3.63, 3.8) is 0 Å². The van der Waals surface area contributed by atoms with Crippen LogP contribution in [0.1, 0.15) is 28.3 Å². The molecule has 0 unspecified atom stereocenters. The second-order valence-electron chi connectivity index (χ2n) is 6.82. The molecule has 1 amide bonds. The number of benzene rings is 1. The van der Waals surface area contributed by atoms with E-state index < -0.39 is 4.92 Å². The number of nitrogens with zero attached hydrogens (tertiary/aromatic N) is 5. The van der Waals surface area contributed by atoms with E-state index in [0.29, 0.717) is 23.6 Å². The van der Waals surface area contributed by atoms with Gasteiger partial charge in [0.25, 0.3) is 0 Å². The van der Waals surface area contributed by atoms with Gasteiger partial charge in [-0.15, -0.1) is 0 Å². The molecular formula is C19H21FN6O3. The van der Waals surface area contributed by atoms with Crippen molar-refractivity contribution < 1.29 is 14.1 Å². The Kier molecular flexibility index (Phi) is 5.44. The number of aromatic nitrogens is 4. The van der Waals surface area contributed by atoms with Gasteiger partial charge in [-0.3, -0.25) is 24.3 Å². The first-order chi connectivity index (χ1) is 13.7. The molecule has 0 spiro atoms. The molecule has 2 heterocycles. The first-order valence-electron chi connectivity index (χ1n) is 8.94. The van der Waals surface area contributed by atoms with Crippen LogP contribution in [0, 0.1) is 43.6 Å². The minimum Gasteiger partial charge on any atom is -0.321 e. The number of rotatable bonds is 6. The van der Waals surface area contributed by atoms with Crippen molar-refractivity contribution in [2.45, 2.75) is 40.8 Å². The number of carbonyl (C=O) groups excluding carboxylic acids is 1. The van der Waals surface area contributed by atoms with Crippen LogP contribution < -0.4 is 5.32 Å². The largest absolute Gasteiger partial charge is 0.321 e. The van der Waals surface area contributed by atoms with E-state index in [4.69, 9.17) is 0 Å². The van der Waals surface area contributed by atoms with Crippen LogP contribution in [0.4, 0.5) is 15.8 Å². The molecule has 2 aromatic heterocycles. The molecule has 1 aromatic carbocycles. The summed E-state index contributed by atoms with van der Waals surface area (Å²) in [4.78, 5) is 23.1. The molecule has 10 heteroatoms. The lowest BCUT2D eigenvalue weighted by atomic mass is 10.2. The zero-order valence-corrected chi connectivity index (χ0v) is 16.6. The second-order valence-corrected chi connectivity index (χ2v) is 6.82. The number of carbonyl (C=O) groups is 1. The summed E-state index contributed by atoms with van der Waals surface area (Å²) in [5.41, 5.74) is 3.14.